The highest BCUT2D eigenvalue weighted by Crippen LogP contribution is 2.64. The maximum atomic E-state index is 6.87. The molecule has 0 saturated carbocycles. The number of para-hydroxylation sites is 3. The van der Waals surface area contributed by atoms with Crippen LogP contribution in [0, 0.1) is 0 Å². The van der Waals surface area contributed by atoms with Crippen LogP contribution in [0.3, 0.4) is 0 Å². The molecule has 9 nitrogen and oxygen atoms in total. The van der Waals surface area contributed by atoms with Crippen molar-refractivity contribution in [3.05, 3.63) is 348 Å². The predicted octanol–water partition coefficient (Wildman–Crippen LogP) is 22.9. The van der Waals surface area contributed by atoms with E-state index in [-0.39, 0.29) is 6.71 Å². The molecular formula is C96H54BCl4O9P3S3. The van der Waals surface area contributed by atoms with Gasteiger partial charge in [0.1, 0.15) is 103 Å². The monoisotopic (exact) mass is 1690 g/mol. The Morgan fingerprint density at radius 3 is 1.14 bits per heavy atom. The molecule has 0 radical (unpaired) electrons. The highest BCUT2D eigenvalue weighted by atomic mass is 35.5. The van der Waals surface area contributed by atoms with Crippen LogP contribution in [0.25, 0.3) is 43.4 Å². The second-order valence-corrected chi connectivity index (χ2v) is 43.2. The van der Waals surface area contributed by atoms with Gasteiger partial charge in [0.15, 0.2) is 0 Å². The van der Waals surface area contributed by atoms with Crippen LogP contribution in [0.1, 0.15) is 0 Å². The molecule has 25 rings (SSSR count). The van der Waals surface area contributed by atoms with Gasteiger partial charge in [0.05, 0.1) is 34.0 Å². The maximum Gasteiger partial charge on any atom is 0.260 e. The molecular weight excluding hydrogens is 1640 g/mol. The van der Waals surface area contributed by atoms with Gasteiger partial charge in [-0.2, -0.15) is 0 Å². The third kappa shape index (κ3) is 11.4. The van der Waals surface area contributed by atoms with Crippen molar-refractivity contribution in [3.8, 4) is 115 Å². The first-order valence-electron chi connectivity index (χ1n) is 37.2. The molecule has 0 bridgehead atoms. The van der Waals surface area contributed by atoms with Crippen molar-refractivity contribution in [2.75, 3.05) is 0 Å². The van der Waals surface area contributed by atoms with Crippen molar-refractivity contribution in [1.29, 1.82) is 0 Å². The van der Waals surface area contributed by atoms with Gasteiger partial charge in [0.2, 0.25) is 0 Å². The Hall–Kier alpha value is -11.1. The molecule has 8 aliphatic rings. The summed E-state index contributed by atoms with van der Waals surface area (Å²) in [6, 6.07) is 102. The fraction of sp³-hybridized carbons (Fsp3) is 0. The number of hydrogen-bond donors (Lipinski definition) is 0. The van der Waals surface area contributed by atoms with Crippen molar-refractivity contribution in [2.45, 2.75) is 0 Å². The zero-order valence-electron chi connectivity index (χ0n) is 60.5. The van der Waals surface area contributed by atoms with Gasteiger partial charge in [-0.3, -0.25) is 0 Å². The van der Waals surface area contributed by atoms with Gasteiger partial charge in [-0.15, -0.1) is 0 Å². The van der Waals surface area contributed by atoms with E-state index in [1.165, 1.54) is 10.8 Å². The van der Waals surface area contributed by atoms with E-state index in [0.29, 0.717) is 25.8 Å². The average Bonchev–Trinajstić information content (AvgIpc) is 0.700. The molecule has 0 aliphatic carbocycles. The molecule has 0 spiro atoms. The Kier molecular flexibility index (Phi) is 17.1. The van der Waals surface area contributed by atoms with Crippen LogP contribution in [0.4, 0.5) is 0 Å². The highest BCUT2D eigenvalue weighted by Gasteiger charge is 2.48. The van der Waals surface area contributed by atoms with Crippen LogP contribution in [0.5, 0.6) is 103 Å². The standard InChI is InChI=1S/C36H21O2PS.C24H15BO3.2C18H9Cl2O2PS/c40-39-32-18-16-23-9-2-5-13-28(23)34(32)37-30-20-25(27-15-7-11-22-8-1-4-12-26(22)27)21-31(36(30)39)38-35-29-14-6-3-10-24(29)17-19-33(35)39;1-2-8-16(9-3-1)26-17-14-22-24-23(15-17)28-21-13-7-5-11-19(21)25(24)18-10-4-6-12-20(18)27-22;19-10-4-6-12-16(8-10)23(24)17-9-11(20)5-7-13(17)22-15-3-1-2-14(21-12)18(15)23;19-10-4-6-16-14(8-10)21-12-2-1-3-13-18(12)23(16,24)17-7-5-11(20)9-15(17)22-13/h1-21H;1-15H;2*1-9H. The Morgan fingerprint density at radius 2 is 0.621 bits per heavy atom. The quantitative estimate of drug-likeness (QED) is 0.125. The summed E-state index contributed by atoms with van der Waals surface area (Å²) in [5.74, 6) is 14.0. The first-order valence-corrected chi connectivity index (χ1v) is 47.1. The van der Waals surface area contributed by atoms with E-state index in [4.69, 9.17) is 124 Å². The molecule has 0 N–H and O–H groups in total. The largest absolute Gasteiger partial charge is 0.458 e. The summed E-state index contributed by atoms with van der Waals surface area (Å²) in [4.78, 5) is 0. The zero-order valence-corrected chi connectivity index (χ0v) is 68.7. The number of fused-ring (bicyclic) bond motifs is 21. The summed E-state index contributed by atoms with van der Waals surface area (Å²) in [5.41, 5.74) is 5.56. The molecule has 556 valence electrons. The number of rotatable bonds is 3. The van der Waals surface area contributed by atoms with Crippen LogP contribution in [0.2, 0.25) is 20.1 Å². The average molecular weight is 1690 g/mol. The van der Waals surface area contributed by atoms with Crippen LogP contribution < -0.4 is 107 Å². The molecule has 17 aromatic carbocycles. The van der Waals surface area contributed by atoms with Gasteiger partial charge < -0.3 is 42.6 Å². The second kappa shape index (κ2) is 27.8. The van der Waals surface area contributed by atoms with Crippen molar-refractivity contribution >= 4 is 203 Å². The molecule has 0 atom stereocenters. The zero-order chi connectivity index (χ0) is 77.9. The topological polar surface area (TPSA) is 83.1 Å². The summed E-state index contributed by atoms with van der Waals surface area (Å²) >= 11 is 44.3. The van der Waals surface area contributed by atoms with Crippen LogP contribution in [-0.4, -0.2) is 6.71 Å². The molecule has 0 aromatic heterocycles. The summed E-state index contributed by atoms with van der Waals surface area (Å²) in [5, 5.41) is 18.3. The fourth-order valence-electron chi connectivity index (χ4n) is 17.0. The number of hydrogen-bond acceptors (Lipinski definition) is 12. The third-order valence-electron chi connectivity index (χ3n) is 22.0. The van der Waals surface area contributed by atoms with E-state index < -0.39 is 18.1 Å². The van der Waals surface area contributed by atoms with Crippen LogP contribution in [0.15, 0.2) is 328 Å². The van der Waals surface area contributed by atoms with Crippen LogP contribution >= 0.6 is 64.5 Å². The van der Waals surface area contributed by atoms with E-state index in [9.17, 15) is 0 Å². The Labute approximate surface area is 702 Å². The van der Waals surface area contributed by atoms with Gasteiger partial charge in [-0.05, 0) is 177 Å². The van der Waals surface area contributed by atoms with Crippen molar-refractivity contribution in [3.63, 3.8) is 0 Å². The number of ether oxygens (including phenoxy) is 9. The molecule has 0 amide bonds. The molecule has 116 heavy (non-hydrogen) atoms. The SMILES string of the molecule is S=P12c3cc(Cl)ccc3Oc3cccc(c31)Oc1ccc(Cl)cc12.S=P12c3ccc(Cl)cc3Oc3cccc(c31)Oc1cc(Cl)ccc12.S=P12c3ccc4ccccc4c3Oc3cc(-c4cccc5ccccc45)cc(c31)Oc1c2ccc2ccccc12.c1ccc(Oc2cc3c4c(c2)Oc2ccccc2B4c2ccccc2O3)cc1. The summed E-state index contributed by atoms with van der Waals surface area (Å²) in [6.45, 7) is 0.0886. The maximum absolute atomic E-state index is 6.87. The number of halogens is 4. The summed E-state index contributed by atoms with van der Waals surface area (Å²) in [7, 11) is 0. The smallest absolute Gasteiger partial charge is 0.260 e. The van der Waals surface area contributed by atoms with Gasteiger partial charge in [0.25, 0.3) is 6.71 Å². The molecule has 0 unspecified atom stereocenters. The minimum absolute atomic E-state index is 0.0886. The minimum Gasteiger partial charge on any atom is -0.458 e. The second-order valence-electron chi connectivity index (χ2n) is 28.7. The van der Waals surface area contributed by atoms with Gasteiger partial charge in [-0.1, -0.05) is 252 Å². The van der Waals surface area contributed by atoms with E-state index in [0.717, 1.165) is 195 Å². The summed E-state index contributed by atoms with van der Waals surface area (Å²) < 4.78 is 56.6. The van der Waals surface area contributed by atoms with E-state index >= 15 is 0 Å². The molecule has 0 fully saturated rings. The van der Waals surface area contributed by atoms with Gasteiger partial charge in [-0.25, -0.2) is 0 Å². The lowest BCUT2D eigenvalue weighted by Crippen LogP contribution is -2.57. The molecule has 17 aromatic rings. The molecule has 0 saturated heterocycles. The fourth-order valence-corrected chi connectivity index (χ4v) is 31.2. The highest BCUT2D eigenvalue weighted by molar-refractivity contribution is 8.27. The van der Waals surface area contributed by atoms with Gasteiger partial charge >= 0.3 is 0 Å². The molecule has 20 heteroatoms. The molecule has 8 heterocycles. The van der Waals surface area contributed by atoms with E-state index in [1.807, 2.05) is 176 Å². The lowest BCUT2D eigenvalue weighted by atomic mass is 9.35. The lowest BCUT2D eigenvalue weighted by molar-refractivity contribution is 0.443. The third-order valence-corrected chi connectivity index (χ3v) is 37.5. The van der Waals surface area contributed by atoms with Crippen molar-refractivity contribution < 1.29 is 42.6 Å². The predicted molar refractivity (Wildman–Crippen MR) is 487 cm³/mol. The van der Waals surface area contributed by atoms with Gasteiger partial charge in [0, 0.05) is 92.4 Å². The Bertz CT molecular complexity index is 6970. The first kappa shape index (κ1) is 71.4. The normalized spacial score (nSPS) is 14.4. The molecule has 8 aliphatic heterocycles. The number of benzene rings is 17. The Balaban J connectivity index is 0.0000000962. The van der Waals surface area contributed by atoms with E-state index in [1.54, 1.807) is 0 Å². The van der Waals surface area contributed by atoms with Crippen molar-refractivity contribution in [2.24, 2.45) is 0 Å². The first-order chi connectivity index (χ1) is 56.7. The Morgan fingerprint density at radius 1 is 0.250 bits per heavy atom. The van der Waals surface area contributed by atoms with Crippen LogP contribution in [-0.2, 0) is 35.4 Å². The lowest BCUT2D eigenvalue weighted by Gasteiger charge is -2.38. The van der Waals surface area contributed by atoms with Crippen molar-refractivity contribution in [1.82, 2.24) is 0 Å². The summed E-state index contributed by atoms with van der Waals surface area (Å²) in [6.07, 6.45) is 0. The minimum atomic E-state index is -2.50. The van der Waals surface area contributed by atoms with E-state index in [2.05, 4.69) is 152 Å².